The molecule has 0 fully saturated rings. The fourth-order valence-corrected chi connectivity index (χ4v) is 1.20. The summed E-state index contributed by atoms with van der Waals surface area (Å²) in [5.74, 6) is -0.325. The summed E-state index contributed by atoms with van der Waals surface area (Å²) < 4.78 is 4.63. The minimum atomic E-state index is -0.834. The minimum Gasteiger partial charge on any atom is -0.468 e. The monoisotopic (exact) mass is 219 g/mol. The molecule has 0 aromatic rings. The third-order valence-electron chi connectivity index (χ3n) is 2.14. The van der Waals surface area contributed by atoms with Crippen molar-refractivity contribution >= 4 is 5.97 Å². The van der Waals surface area contributed by atoms with E-state index in [1.165, 1.54) is 7.11 Å². The van der Waals surface area contributed by atoms with Gasteiger partial charge in [0, 0.05) is 6.54 Å². The van der Waals surface area contributed by atoms with Crippen LogP contribution in [0, 0.1) is 0 Å². The lowest BCUT2D eigenvalue weighted by atomic mass is 10.1. The van der Waals surface area contributed by atoms with Gasteiger partial charge in [0.1, 0.15) is 6.04 Å². The van der Waals surface area contributed by atoms with Crippen molar-refractivity contribution in [3.05, 3.63) is 0 Å². The van der Waals surface area contributed by atoms with Gasteiger partial charge < -0.3 is 20.3 Å². The molecule has 0 spiro atoms. The smallest absolute Gasteiger partial charge is 0.322 e. The Bertz CT molecular complexity index is 175. The van der Waals surface area contributed by atoms with Crippen LogP contribution in [0.2, 0.25) is 0 Å². The van der Waals surface area contributed by atoms with Crippen molar-refractivity contribution in [3.63, 3.8) is 0 Å². The molecule has 0 radical (unpaired) electrons. The van der Waals surface area contributed by atoms with Gasteiger partial charge in [0.15, 0.2) is 0 Å². The lowest BCUT2D eigenvalue weighted by molar-refractivity contribution is -0.143. The van der Waals surface area contributed by atoms with Crippen molar-refractivity contribution < 1.29 is 19.7 Å². The number of aliphatic hydroxyl groups is 2. The third kappa shape index (κ3) is 6.43. The number of unbranched alkanes of at least 4 members (excludes halogenated alkanes) is 1. The number of hydrogen-bond donors (Lipinski definition) is 3. The van der Waals surface area contributed by atoms with Gasteiger partial charge >= 0.3 is 5.97 Å². The van der Waals surface area contributed by atoms with Crippen molar-refractivity contribution in [2.24, 2.45) is 0 Å². The average Bonchev–Trinajstić information content (AvgIpc) is 2.27. The van der Waals surface area contributed by atoms with Crippen molar-refractivity contribution in [3.8, 4) is 0 Å². The van der Waals surface area contributed by atoms with E-state index in [1.54, 1.807) is 0 Å². The number of nitrogens with one attached hydrogen (secondary N) is 1. The van der Waals surface area contributed by atoms with Crippen LogP contribution in [-0.4, -0.2) is 48.6 Å². The first-order chi connectivity index (χ1) is 7.15. The number of esters is 1. The fourth-order valence-electron chi connectivity index (χ4n) is 1.20. The molecule has 0 rings (SSSR count). The molecule has 0 saturated heterocycles. The minimum absolute atomic E-state index is 0.194. The molecule has 0 aromatic heterocycles. The number of carbonyl (C=O) groups excluding carboxylic acids is 1. The van der Waals surface area contributed by atoms with Crippen molar-refractivity contribution in [1.82, 2.24) is 5.32 Å². The molecule has 2 atom stereocenters. The van der Waals surface area contributed by atoms with E-state index in [0.717, 1.165) is 12.8 Å². The van der Waals surface area contributed by atoms with Crippen LogP contribution < -0.4 is 5.32 Å². The molecule has 0 aliphatic carbocycles. The highest BCUT2D eigenvalue weighted by atomic mass is 16.5. The summed E-state index contributed by atoms with van der Waals surface area (Å²) >= 11 is 0. The van der Waals surface area contributed by atoms with Crippen LogP contribution in [0.5, 0.6) is 0 Å². The molecule has 0 aliphatic heterocycles. The second kappa shape index (κ2) is 8.64. The molecular weight excluding hydrogens is 198 g/mol. The van der Waals surface area contributed by atoms with Crippen LogP contribution in [0.1, 0.15) is 26.2 Å². The Kier molecular flexibility index (Phi) is 8.27. The van der Waals surface area contributed by atoms with E-state index in [0.29, 0.717) is 6.42 Å². The number of ether oxygens (including phenoxy) is 1. The predicted octanol–water partition coefficient (Wildman–Crippen LogP) is -0.339. The van der Waals surface area contributed by atoms with E-state index < -0.39 is 12.1 Å². The van der Waals surface area contributed by atoms with Gasteiger partial charge in [-0.25, -0.2) is 0 Å². The van der Waals surface area contributed by atoms with Gasteiger partial charge in [-0.2, -0.15) is 0 Å². The summed E-state index contributed by atoms with van der Waals surface area (Å²) in [5, 5.41) is 20.6. The molecule has 0 saturated carbocycles. The quantitative estimate of drug-likeness (QED) is 0.487. The molecule has 0 heterocycles. The molecular formula is C10H21NO4. The Balaban J connectivity index is 3.95. The van der Waals surface area contributed by atoms with E-state index in [2.05, 4.69) is 10.1 Å². The van der Waals surface area contributed by atoms with Crippen molar-refractivity contribution in [1.29, 1.82) is 0 Å². The summed E-state index contributed by atoms with van der Waals surface area (Å²) in [4.78, 5) is 11.3. The summed E-state index contributed by atoms with van der Waals surface area (Å²) in [6.45, 7) is 1.92. The lowest BCUT2D eigenvalue weighted by Crippen LogP contribution is -2.42. The highest BCUT2D eigenvalue weighted by Crippen LogP contribution is 2.02. The third-order valence-corrected chi connectivity index (χ3v) is 2.14. The summed E-state index contributed by atoms with van der Waals surface area (Å²) in [5.41, 5.74) is 0. The van der Waals surface area contributed by atoms with E-state index in [1.807, 2.05) is 6.92 Å². The van der Waals surface area contributed by atoms with Crippen LogP contribution in [0.3, 0.4) is 0 Å². The zero-order chi connectivity index (χ0) is 11.7. The average molecular weight is 219 g/mol. The topological polar surface area (TPSA) is 78.8 Å². The molecule has 3 N–H and O–H groups in total. The maximum atomic E-state index is 11.3. The molecule has 0 amide bonds. The maximum Gasteiger partial charge on any atom is 0.322 e. The van der Waals surface area contributed by atoms with Gasteiger partial charge in [-0.1, -0.05) is 19.8 Å². The zero-order valence-electron chi connectivity index (χ0n) is 9.40. The van der Waals surface area contributed by atoms with E-state index in [-0.39, 0.29) is 19.1 Å². The number of carbonyl (C=O) groups is 1. The molecule has 90 valence electrons. The van der Waals surface area contributed by atoms with E-state index in [4.69, 9.17) is 10.2 Å². The van der Waals surface area contributed by atoms with Gasteiger partial charge in [0.2, 0.25) is 0 Å². The Hall–Kier alpha value is -0.650. The number of aliphatic hydroxyl groups excluding tert-OH is 2. The number of rotatable bonds is 8. The van der Waals surface area contributed by atoms with E-state index in [9.17, 15) is 4.79 Å². The highest BCUT2D eigenvalue weighted by molar-refractivity contribution is 5.75. The predicted molar refractivity (Wildman–Crippen MR) is 56.4 cm³/mol. The molecule has 15 heavy (non-hydrogen) atoms. The standard InChI is InChI=1S/C10H21NO4/c1-3-4-5-9(10(14)15-2)11-6-8(13)7-12/h8-9,11-13H,3-7H2,1-2H3. The van der Waals surface area contributed by atoms with Crippen LogP contribution in [0.4, 0.5) is 0 Å². The summed E-state index contributed by atoms with van der Waals surface area (Å²) in [7, 11) is 1.34. The van der Waals surface area contributed by atoms with Crippen LogP contribution in [0.15, 0.2) is 0 Å². The molecule has 2 unspecified atom stereocenters. The van der Waals surface area contributed by atoms with E-state index >= 15 is 0 Å². The van der Waals surface area contributed by atoms with Crippen molar-refractivity contribution in [2.45, 2.75) is 38.3 Å². The van der Waals surface area contributed by atoms with Crippen LogP contribution in [0.25, 0.3) is 0 Å². The normalized spacial score (nSPS) is 14.7. The summed E-state index contributed by atoms with van der Waals surface area (Å²) in [6, 6.07) is -0.392. The molecule has 5 heteroatoms. The molecule has 0 bridgehead atoms. The fraction of sp³-hybridized carbons (Fsp3) is 0.900. The zero-order valence-corrected chi connectivity index (χ0v) is 9.40. The van der Waals surface area contributed by atoms with Gasteiger partial charge in [0.25, 0.3) is 0 Å². The Morgan fingerprint density at radius 3 is 2.67 bits per heavy atom. The van der Waals surface area contributed by atoms with Crippen molar-refractivity contribution in [2.75, 3.05) is 20.3 Å². The highest BCUT2D eigenvalue weighted by Gasteiger charge is 2.18. The molecule has 5 nitrogen and oxygen atoms in total. The van der Waals surface area contributed by atoms with Crippen LogP contribution >= 0.6 is 0 Å². The van der Waals surface area contributed by atoms with Gasteiger partial charge in [-0.05, 0) is 6.42 Å². The Morgan fingerprint density at radius 2 is 2.20 bits per heavy atom. The second-order valence-electron chi connectivity index (χ2n) is 3.46. The van der Waals surface area contributed by atoms with Gasteiger partial charge in [0.05, 0.1) is 19.8 Å². The first-order valence-electron chi connectivity index (χ1n) is 5.25. The maximum absolute atomic E-state index is 11.3. The van der Waals surface area contributed by atoms with Crippen LogP contribution in [-0.2, 0) is 9.53 Å². The SMILES string of the molecule is CCCCC(NCC(O)CO)C(=O)OC. The second-order valence-corrected chi connectivity index (χ2v) is 3.46. The summed E-state index contributed by atoms with van der Waals surface area (Å²) in [6.07, 6.45) is 1.76. The molecule has 0 aromatic carbocycles. The number of hydrogen-bond acceptors (Lipinski definition) is 5. The Morgan fingerprint density at radius 1 is 1.53 bits per heavy atom. The first-order valence-corrected chi connectivity index (χ1v) is 5.25. The Labute approximate surface area is 90.4 Å². The van der Waals surface area contributed by atoms with Gasteiger partial charge in [-0.3, -0.25) is 4.79 Å². The van der Waals surface area contributed by atoms with Gasteiger partial charge in [-0.15, -0.1) is 0 Å². The lowest BCUT2D eigenvalue weighted by Gasteiger charge is -2.17. The largest absolute Gasteiger partial charge is 0.468 e. The first kappa shape index (κ1) is 14.3. The molecule has 0 aliphatic rings. The number of methoxy groups -OCH3 is 1.